The molecule has 0 saturated heterocycles. The summed E-state index contributed by atoms with van der Waals surface area (Å²) in [5.41, 5.74) is 0.987. The van der Waals surface area contributed by atoms with Crippen LogP contribution >= 0.6 is 11.6 Å². The maximum Gasteiger partial charge on any atom is 0.319 e. The maximum absolute atomic E-state index is 11.4. The molecule has 1 N–H and O–H groups in total. The van der Waals surface area contributed by atoms with E-state index in [-0.39, 0.29) is 18.6 Å². The summed E-state index contributed by atoms with van der Waals surface area (Å²) in [4.78, 5) is 11.4. The van der Waals surface area contributed by atoms with E-state index in [0.717, 1.165) is 18.4 Å². The van der Waals surface area contributed by atoms with Crippen LogP contribution in [-0.4, -0.2) is 19.1 Å². The number of carbonyl (C=O) groups is 1. The Morgan fingerprint density at radius 1 is 1.44 bits per heavy atom. The minimum atomic E-state index is -0.220. The van der Waals surface area contributed by atoms with Gasteiger partial charge in [-0.15, -0.1) is 0 Å². The highest BCUT2D eigenvalue weighted by molar-refractivity contribution is 6.31. The van der Waals surface area contributed by atoms with E-state index < -0.39 is 0 Å². The highest BCUT2D eigenvalue weighted by atomic mass is 35.5. The number of unbranched alkanes of at least 4 members (excludes halogenated alkanes) is 1. The number of hydrogen-bond donors (Lipinski definition) is 1. The van der Waals surface area contributed by atoms with Crippen LogP contribution in [0.2, 0.25) is 5.02 Å². The zero-order valence-electron chi connectivity index (χ0n) is 10.9. The number of rotatable bonds is 7. The number of benzene rings is 1. The van der Waals surface area contributed by atoms with Gasteiger partial charge in [0.25, 0.3) is 0 Å². The van der Waals surface area contributed by atoms with Crippen molar-refractivity contribution in [2.75, 3.05) is 13.2 Å². The van der Waals surface area contributed by atoms with Crippen LogP contribution in [0.15, 0.2) is 24.3 Å². The number of esters is 1. The SMILES string of the molecule is CCCCOC(=O)CN[C@H](C)c1ccccc1Cl. The smallest absolute Gasteiger partial charge is 0.319 e. The van der Waals surface area contributed by atoms with E-state index in [4.69, 9.17) is 16.3 Å². The molecule has 0 unspecified atom stereocenters. The average molecular weight is 270 g/mol. The van der Waals surface area contributed by atoms with Crippen molar-refractivity contribution in [3.63, 3.8) is 0 Å². The van der Waals surface area contributed by atoms with E-state index in [1.807, 2.05) is 31.2 Å². The predicted octanol–water partition coefficient (Wildman–Crippen LogP) is 3.33. The van der Waals surface area contributed by atoms with Crippen molar-refractivity contribution in [3.8, 4) is 0 Å². The lowest BCUT2D eigenvalue weighted by Gasteiger charge is -2.15. The van der Waals surface area contributed by atoms with Gasteiger partial charge < -0.3 is 10.1 Å². The number of carbonyl (C=O) groups excluding carboxylic acids is 1. The van der Waals surface area contributed by atoms with Gasteiger partial charge in [0.15, 0.2) is 0 Å². The molecule has 0 bridgehead atoms. The van der Waals surface area contributed by atoms with E-state index >= 15 is 0 Å². The van der Waals surface area contributed by atoms with Crippen LogP contribution in [0, 0.1) is 0 Å². The summed E-state index contributed by atoms with van der Waals surface area (Å²) >= 11 is 6.08. The number of halogens is 1. The summed E-state index contributed by atoms with van der Waals surface area (Å²) in [5, 5.41) is 3.81. The molecular formula is C14H20ClNO2. The fraction of sp³-hybridized carbons (Fsp3) is 0.500. The van der Waals surface area contributed by atoms with Crippen molar-refractivity contribution in [1.82, 2.24) is 5.32 Å². The highest BCUT2D eigenvalue weighted by Gasteiger charge is 2.10. The Labute approximate surface area is 113 Å². The second kappa shape index (κ2) is 8.11. The van der Waals surface area contributed by atoms with Crippen LogP contribution in [-0.2, 0) is 9.53 Å². The van der Waals surface area contributed by atoms with Gasteiger partial charge in [-0.05, 0) is 25.0 Å². The Kier molecular flexibility index (Phi) is 6.76. The monoisotopic (exact) mass is 269 g/mol. The summed E-state index contributed by atoms with van der Waals surface area (Å²) in [5.74, 6) is -0.220. The Hall–Kier alpha value is -1.06. The first-order chi connectivity index (χ1) is 8.65. The third-order valence-corrected chi connectivity index (χ3v) is 3.03. The topological polar surface area (TPSA) is 38.3 Å². The van der Waals surface area contributed by atoms with E-state index in [2.05, 4.69) is 12.2 Å². The summed E-state index contributed by atoms with van der Waals surface area (Å²) in [7, 11) is 0. The molecule has 0 heterocycles. The van der Waals surface area contributed by atoms with Gasteiger partial charge in [0.2, 0.25) is 0 Å². The molecule has 1 aromatic rings. The van der Waals surface area contributed by atoms with Crippen LogP contribution in [0.5, 0.6) is 0 Å². The number of nitrogens with one attached hydrogen (secondary N) is 1. The maximum atomic E-state index is 11.4. The van der Waals surface area contributed by atoms with E-state index in [0.29, 0.717) is 11.6 Å². The number of hydrogen-bond acceptors (Lipinski definition) is 3. The predicted molar refractivity (Wildman–Crippen MR) is 73.7 cm³/mol. The molecule has 0 fully saturated rings. The van der Waals surface area contributed by atoms with Crippen molar-refractivity contribution >= 4 is 17.6 Å². The molecule has 0 aliphatic rings. The Balaban J connectivity index is 2.35. The van der Waals surface area contributed by atoms with Crippen molar-refractivity contribution in [3.05, 3.63) is 34.9 Å². The van der Waals surface area contributed by atoms with Crippen LogP contribution in [0.25, 0.3) is 0 Å². The quantitative estimate of drug-likeness (QED) is 0.609. The van der Waals surface area contributed by atoms with Gasteiger partial charge in [0.1, 0.15) is 0 Å². The van der Waals surface area contributed by atoms with Gasteiger partial charge in [-0.2, -0.15) is 0 Å². The summed E-state index contributed by atoms with van der Waals surface area (Å²) in [6.07, 6.45) is 1.93. The Morgan fingerprint density at radius 2 is 2.17 bits per heavy atom. The first-order valence-corrected chi connectivity index (χ1v) is 6.66. The van der Waals surface area contributed by atoms with Gasteiger partial charge in [0.05, 0.1) is 13.2 Å². The highest BCUT2D eigenvalue weighted by Crippen LogP contribution is 2.21. The fourth-order valence-electron chi connectivity index (χ4n) is 1.55. The van der Waals surface area contributed by atoms with Crippen molar-refractivity contribution in [1.29, 1.82) is 0 Å². The molecule has 0 aliphatic carbocycles. The van der Waals surface area contributed by atoms with Crippen molar-refractivity contribution < 1.29 is 9.53 Å². The van der Waals surface area contributed by atoms with E-state index in [1.165, 1.54) is 0 Å². The van der Waals surface area contributed by atoms with Crippen molar-refractivity contribution in [2.45, 2.75) is 32.7 Å². The van der Waals surface area contributed by atoms with Crippen molar-refractivity contribution in [2.24, 2.45) is 0 Å². The Bertz CT molecular complexity index is 382. The zero-order valence-corrected chi connectivity index (χ0v) is 11.7. The average Bonchev–Trinajstić information content (AvgIpc) is 2.37. The standard InChI is InChI=1S/C14H20ClNO2/c1-3-4-9-18-14(17)10-16-11(2)12-7-5-6-8-13(12)15/h5-8,11,16H,3-4,9-10H2,1-2H3/t11-/m1/s1. The molecule has 0 aromatic heterocycles. The molecule has 0 aliphatic heterocycles. The number of ether oxygens (including phenoxy) is 1. The lowest BCUT2D eigenvalue weighted by molar-refractivity contribution is -0.142. The minimum absolute atomic E-state index is 0.0254. The molecule has 0 saturated carbocycles. The molecule has 0 amide bonds. The lowest BCUT2D eigenvalue weighted by atomic mass is 10.1. The third-order valence-electron chi connectivity index (χ3n) is 2.69. The van der Waals surface area contributed by atoms with E-state index in [1.54, 1.807) is 0 Å². The van der Waals surface area contributed by atoms with Gasteiger partial charge >= 0.3 is 5.97 Å². The molecular weight excluding hydrogens is 250 g/mol. The molecule has 4 heteroatoms. The van der Waals surface area contributed by atoms with Gasteiger partial charge in [-0.25, -0.2) is 0 Å². The molecule has 0 radical (unpaired) electrons. The molecule has 1 atom stereocenters. The van der Waals surface area contributed by atoms with Crippen LogP contribution < -0.4 is 5.32 Å². The summed E-state index contributed by atoms with van der Waals surface area (Å²) in [6, 6.07) is 7.63. The van der Waals surface area contributed by atoms with Crippen LogP contribution in [0.3, 0.4) is 0 Å². The second-order valence-corrected chi connectivity index (χ2v) is 4.61. The second-order valence-electron chi connectivity index (χ2n) is 4.20. The van der Waals surface area contributed by atoms with E-state index in [9.17, 15) is 4.79 Å². The summed E-state index contributed by atoms with van der Waals surface area (Å²) < 4.78 is 5.06. The van der Waals surface area contributed by atoms with Gasteiger partial charge in [0, 0.05) is 11.1 Å². The minimum Gasteiger partial charge on any atom is -0.465 e. The lowest BCUT2D eigenvalue weighted by Crippen LogP contribution is -2.27. The molecule has 100 valence electrons. The molecule has 1 aromatic carbocycles. The zero-order chi connectivity index (χ0) is 13.4. The molecule has 1 rings (SSSR count). The normalized spacial score (nSPS) is 12.2. The van der Waals surface area contributed by atoms with Gasteiger partial charge in [-0.3, -0.25) is 4.79 Å². The first-order valence-electron chi connectivity index (χ1n) is 6.28. The summed E-state index contributed by atoms with van der Waals surface area (Å²) in [6.45, 7) is 4.74. The van der Waals surface area contributed by atoms with Gasteiger partial charge in [-0.1, -0.05) is 43.1 Å². The molecule has 0 spiro atoms. The molecule has 3 nitrogen and oxygen atoms in total. The molecule has 18 heavy (non-hydrogen) atoms. The third kappa shape index (κ3) is 5.07. The van der Waals surface area contributed by atoms with Crippen LogP contribution in [0.4, 0.5) is 0 Å². The largest absolute Gasteiger partial charge is 0.465 e. The fourth-order valence-corrected chi connectivity index (χ4v) is 1.85. The van der Waals surface area contributed by atoms with Crippen LogP contribution in [0.1, 0.15) is 38.3 Å². The Morgan fingerprint density at radius 3 is 2.83 bits per heavy atom. The first kappa shape index (κ1) is 15.0.